The van der Waals surface area contributed by atoms with Crippen molar-refractivity contribution in [3.05, 3.63) is 53.6 Å². The van der Waals surface area contributed by atoms with Crippen molar-refractivity contribution in [1.82, 2.24) is 0 Å². The lowest BCUT2D eigenvalue weighted by molar-refractivity contribution is 0.287. The van der Waals surface area contributed by atoms with E-state index in [-0.39, 0.29) is 0 Å². The van der Waals surface area contributed by atoms with Crippen LogP contribution in [0.25, 0.3) is 11.1 Å². The molecule has 19 heavy (non-hydrogen) atoms. The average Bonchev–Trinajstić information content (AvgIpc) is 2.84. The fourth-order valence-corrected chi connectivity index (χ4v) is 3.73. The van der Waals surface area contributed by atoms with Crippen LogP contribution in [0.5, 0.6) is 0 Å². The van der Waals surface area contributed by atoms with Crippen LogP contribution in [0.4, 0.5) is 0 Å². The van der Waals surface area contributed by atoms with Crippen molar-refractivity contribution in [3.8, 4) is 11.1 Å². The molecule has 3 nitrogen and oxygen atoms in total. The molecule has 98 valence electrons. The third kappa shape index (κ3) is 1.95. The van der Waals surface area contributed by atoms with E-state index in [0.717, 1.165) is 6.42 Å². The molecule has 0 aliphatic heterocycles. The van der Waals surface area contributed by atoms with E-state index < -0.39 is 7.60 Å². The molecule has 0 saturated carbocycles. The minimum atomic E-state index is -3.16. The molecule has 0 amide bonds. The number of fused-ring (bicyclic) bond motifs is 3. The van der Waals surface area contributed by atoms with E-state index in [9.17, 15) is 4.57 Å². The Balaban J connectivity index is 2.09. The molecule has 0 aromatic heterocycles. The predicted molar refractivity (Wildman–Crippen MR) is 75.9 cm³/mol. The number of hydrogen-bond acceptors (Lipinski definition) is 3. The smallest absolute Gasteiger partial charge is 0.309 e. The molecule has 2 aromatic carbocycles. The highest BCUT2D eigenvalue weighted by Crippen LogP contribution is 2.46. The summed E-state index contributed by atoms with van der Waals surface area (Å²) in [5.74, 6) is 0. The molecule has 3 rings (SSSR count). The zero-order valence-corrected chi connectivity index (χ0v) is 11.8. The number of benzene rings is 2. The first kappa shape index (κ1) is 12.6. The summed E-state index contributed by atoms with van der Waals surface area (Å²) in [7, 11) is -0.343. The van der Waals surface area contributed by atoms with Gasteiger partial charge in [-0.3, -0.25) is 4.57 Å². The number of rotatable bonds is 3. The van der Waals surface area contributed by atoms with Gasteiger partial charge < -0.3 is 9.05 Å². The maximum atomic E-state index is 12.4. The molecule has 0 saturated heterocycles. The van der Waals surface area contributed by atoms with E-state index in [4.69, 9.17) is 9.05 Å². The molecule has 0 fully saturated rings. The van der Waals surface area contributed by atoms with Crippen molar-refractivity contribution in [2.75, 3.05) is 14.2 Å². The topological polar surface area (TPSA) is 35.5 Å². The summed E-state index contributed by atoms with van der Waals surface area (Å²) >= 11 is 0. The third-order valence-corrected chi connectivity index (χ3v) is 5.45. The van der Waals surface area contributed by atoms with Crippen LogP contribution in [0.2, 0.25) is 0 Å². The summed E-state index contributed by atoms with van der Waals surface area (Å²) < 4.78 is 22.5. The monoisotopic (exact) mass is 274 g/mol. The van der Waals surface area contributed by atoms with Crippen LogP contribution in [0.3, 0.4) is 0 Å². The Morgan fingerprint density at radius 1 is 0.947 bits per heavy atom. The second-order valence-electron chi connectivity index (χ2n) is 4.54. The van der Waals surface area contributed by atoms with Gasteiger partial charge in [0.25, 0.3) is 0 Å². The Bertz CT molecular complexity index is 671. The van der Waals surface area contributed by atoms with Gasteiger partial charge in [-0.2, -0.15) is 0 Å². The molecule has 0 bridgehead atoms. The maximum absolute atomic E-state index is 12.4. The Kier molecular flexibility index (Phi) is 3.06. The molecule has 0 radical (unpaired) electrons. The first-order valence-corrected chi connectivity index (χ1v) is 7.65. The van der Waals surface area contributed by atoms with Crippen molar-refractivity contribution in [1.29, 1.82) is 0 Å². The van der Waals surface area contributed by atoms with Gasteiger partial charge in [-0.1, -0.05) is 30.3 Å². The zero-order valence-electron chi connectivity index (χ0n) is 10.9. The van der Waals surface area contributed by atoms with Crippen molar-refractivity contribution in [3.63, 3.8) is 0 Å². The van der Waals surface area contributed by atoms with E-state index in [1.165, 1.54) is 36.5 Å². The number of hydrogen-bond donors (Lipinski definition) is 0. The second kappa shape index (κ2) is 4.61. The highest BCUT2D eigenvalue weighted by Gasteiger charge is 2.27. The van der Waals surface area contributed by atoms with Crippen LogP contribution in [-0.4, -0.2) is 14.2 Å². The Morgan fingerprint density at radius 3 is 2.37 bits per heavy atom. The van der Waals surface area contributed by atoms with Crippen LogP contribution in [0.1, 0.15) is 11.1 Å². The van der Waals surface area contributed by atoms with E-state index in [1.807, 2.05) is 30.3 Å². The van der Waals surface area contributed by atoms with E-state index in [0.29, 0.717) is 5.30 Å². The lowest BCUT2D eigenvalue weighted by Gasteiger charge is -2.14. The summed E-state index contributed by atoms with van der Waals surface area (Å²) in [6.45, 7) is 0. The van der Waals surface area contributed by atoms with Crippen LogP contribution in [0, 0.1) is 0 Å². The van der Waals surface area contributed by atoms with Gasteiger partial charge >= 0.3 is 7.60 Å². The van der Waals surface area contributed by atoms with Gasteiger partial charge in [-0.25, -0.2) is 0 Å². The predicted octanol–water partition coefficient (Wildman–Crippen LogP) is 3.37. The normalized spacial score (nSPS) is 13.2. The minimum absolute atomic E-state index is 0.615. The lowest BCUT2D eigenvalue weighted by atomic mass is 10.1. The fraction of sp³-hybridized carbons (Fsp3) is 0.200. The molecule has 1 aliphatic rings. The second-order valence-corrected chi connectivity index (χ2v) is 6.78. The molecule has 4 heteroatoms. The van der Waals surface area contributed by atoms with Gasteiger partial charge in [0.2, 0.25) is 0 Å². The Morgan fingerprint density at radius 2 is 1.63 bits per heavy atom. The SMILES string of the molecule is COP(=O)(OC)c1ccc2c(c1)Cc1ccccc1-2. The molecule has 0 unspecified atom stereocenters. The molecule has 2 aromatic rings. The van der Waals surface area contributed by atoms with E-state index in [1.54, 1.807) is 0 Å². The van der Waals surface area contributed by atoms with Crippen molar-refractivity contribution in [2.45, 2.75) is 6.42 Å². The van der Waals surface area contributed by atoms with Crippen molar-refractivity contribution < 1.29 is 13.6 Å². The average molecular weight is 274 g/mol. The molecule has 0 heterocycles. The standard InChI is InChI=1S/C15H15O3P/c1-17-19(16,18-2)13-7-8-15-12(10-13)9-11-5-3-4-6-14(11)15/h3-8,10H,9H2,1-2H3. The highest BCUT2D eigenvalue weighted by molar-refractivity contribution is 7.62. The largest absolute Gasteiger partial charge is 0.360 e. The van der Waals surface area contributed by atoms with Gasteiger partial charge in [-0.05, 0) is 40.8 Å². The van der Waals surface area contributed by atoms with Gasteiger partial charge in [0.15, 0.2) is 0 Å². The molecule has 1 aliphatic carbocycles. The fourth-order valence-electron chi connectivity index (χ4n) is 2.59. The highest BCUT2D eigenvalue weighted by atomic mass is 31.2. The van der Waals surface area contributed by atoms with Gasteiger partial charge in [0.1, 0.15) is 0 Å². The molecular weight excluding hydrogens is 259 g/mol. The summed E-state index contributed by atoms with van der Waals surface area (Å²) in [5.41, 5.74) is 4.94. The van der Waals surface area contributed by atoms with Crippen LogP contribution < -0.4 is 5.30 Å². The third-order valence-electron chi connectivity index (χ3n) is 3.57. The van der Waals surface area contributed by atoms with Gasteiger partial charge in [0, 0.05) is 14.2 Å². The van der Waals surface area contributed by atoms with E-state index >= 15 is 0 Å². The quantitative estimate of drug-likeness (QED) is 0.687. The summed E-state index contributed by atoms with van der Waals surface area (Å²) in [5, 5.41) is 0.615. The maximum Gasteiger partial charge on any atom is 0.360 e. The van der Waals surface area contributed by atoms with E-state index in [2.05, 4.69) is 12.1 Å². The molecule has 0 spiro atoms. The van der Waals surface area contributed by atoms with Crippen LogP contribution in [0.15, 0.2) is 42.5 Å². The van der Waals surface area contributed by atoms with Gasteiger partial charge in [-0.15, -0.1) is 0 Å². The zero-order chi connectivity index (χ0) is 13.5. The first-order valence-electron chi connectivity index (χ1n) is 6.11. The lowest BCUT2D eigenvalue weighted by Crippen LogP contribution is -2.08. The van der Waals surface area contributed by atoms with Crippen molar-refractivity contribution in [2.24, 2.45) is 0 Å². The summed E-state index contributed by atoms with van der Waals surface area (Å²) in [6.07, 6.45) is 0.868. The van der Waals surface area contributed by atoms with Gasteiger partial charge in [0.05, 0.1) is 5.30 Å². The van der Waals surface area contributed by atoms with Crippen LogP contribution >= 0.6 is 7.60 Å². The molecule has 0 atom stereocenters. The Hall–Kier alpha value is -1.41. The first-order chi connectivity index (χ1) is 9.18. The van der Waals surface area contributed by atoms with Crippen LogP contribution in [-0.2, 0) is 20.0 Å². The Labute approximate surface area is 112 Å². The van der Waals surface area contributed by atoms with Crippen molar-refractivity contribution >= 4 is 12.9 Å². The summed E-state index contributed by atoms with van der Waals surface area (Å²) in [4.78, 5) is 0. The molecule has 0 N–H and O–H groups in total. The summed E-state index contributed by atoms with van der Waals surface area (Å²) in [6, 6.07) is 14.1. The molecular formula is C15H15O3P. The minimum Gasteiger partial charge on any atom is -0.309 e.